The molecule has 0 aliphatic heterocycles. The molecule has 48 valence electrons. The van der Waals surface area contributed by atoms with Crippen molar-refractivity contribution in [2.75, 3.05) is 6.66 Å². The zero-order valence-electron chi connectivity index (χ0n) is 7.43. The maximum absolute atomic E-state index is 10.6. The predicted molar refractivity (Wildman–Crippen MR) is 20.1 cm³/mol. The molecule has 0 unspecified atom stereocenters. The summed E-state index contributed by atoms with van der Waals surface area (Å²) in [6.45, 7) is 0.660. The van der Waals surface area contributed by atoms with Crippen LogP contribution in [-0.2, 0) is 14.0 Å². The molecule has 0 saturated carbocycles. The summed E-state index contributed by atoms with van der Waals surface area (Å²) in [5.74, 6) is 0. The second-order valence-electron chi connectivity index (χ2n) is 0.909. The molecule has 0 rings (SSSR count). The van der Waals surface area contributed by atoms with Gasteiger partial charge in [0.25, 0.3) is 0 Å². The van der Waals surface area contributed by atoms with Crippen LogP contribution in [0.4, 0.5) is 9.05 Å². The van der Waals surface area contributed by atoms with Crippen molar-refractivity contribution < 1.29 is 63.6 Å². The standard InChI is InChI=1S/CH3F2O3P.2Li.2H/c1-7(4,5-2)6-3;;;;/h1H3;;;;/q;2*+1;2*-1. The Morgan fingerprint density at radius 2 is 1.56 bits per heavy atom. The van der Waals surface area contributed by atoms with E-state index in [4.69, 9.17) is 0 Å². The van der Waals surface area contributed by atoms with Gasteiger partial charge in [0.05, 0.1) is 0 Å². The van der Waals surface area contributed by atoms with Gasteiger partial charge in [-0.3, -0.25) is 4.57 Å². The Balaban J connectivity index is -0.0000000300. The quantitative estimate of drug-likeness (QED) is 0.294. The number of rotatable bonds is 2. The average molecular weight is 148 g/mol. The Bertz CT molecular complexity index is 99.3. The molecule has 0 spiro atoms. The van der Waals surface area contributed by atoms with Crippen molar-refractivity contribution in [1.82, 2.24) is 0 Å². The maximum Gasteiger partial charge on any atom is 1.00 e. The minimum atomic E-state index is -3.99. The van der Waals surface area contributed by atoms with Crippen molar-refractivity contribution in [3.8, 4) is 0 Å². The van der Waals surface area contributed by atoms with E-state index in [1.807, 2.05) is 0 Å². The van der Waals surface area contributed by atoms with Crippen LogP contribution >= 0.6 is 7.60 Å². The summed E-state index contributed by atoms with van der Waals surface area (Å²) in [6.07, 6.45) is 0. The van der Waals surface area contributed by atoms with Crippen molar-refractivity contribution in [2.45, 2.75) is 0 Å². The Labute approximate surface area is 78.1 Å². The molecule has 0 radical (unpaired) electrons. The van der Waals surface area contributed by atoms with Gasteiger partial charge in [-0.25, -0.2) is 0 Å². The summed E-state index contributed by atoms with van der Waals surface area (Å²) in [5, 5.41) is 0. The number of hydrogen-bond acceptors (Lipinski definition) is 3. The zero-order chi connectivity index (χ0) is 5.91. The van der Waals surface area contributed by atoms with Gasteiger partial charge in [0.15, 0.2) is 0 Å². The van der Waals surface area contributed by atoms with Crippen LogP contribution in [0.1, 0.15) is 2.85 Å². The van der Waals surface area contributed by atoms with Gasteiger partial charge in [0.1, 0.15) is 0 Å². The van der Waals surface area contributed by atoms with E-state index >= 15 is 0 Å². The first-order valence-corrected chi connectivity index (χ1v) is 3.29. The first-order valence-electron chi connectivity index (χ1n) is 1.30. The van der Waals surface area contributed by atoms with Crippen LogP contribution in [0.15, 0.2) is 0 Å². The van der Waals surface area contributed by atoms with E-state index in [1.54, 1.807) is 0 Å². The maximum atomic E-state index is 10.6. The van der Waals surface area contributed by atoms with E-state index in [2.05, 4.69) is 9.46 Å². The van der Waals surface area contributed by atoms with Gasteiger partial charge < -0.3 is 2.85 Å². The van der Waals surface area contributed by atoms with Crippen LogP contribution in [0.2, 0.25) is 0 Å². The molecule has 0 aromatic rings. The van der Waals surface area contributed by atoms with Gasteiger partial charge in [0.2, 0.25) is 0 Å². The van der Waals surface area contributed by atoms with Crippen molar-refractivity contribution >= 4 is 7.60 Å². The third-order valence-corrected chi connectivity index (χ3v) is 0.752. The molecular formula is CH5F2Li2O3P. The molecule has 0 bridgehead atoms. The number of halogens is 2. The first kappa shape index (κ1) is 16.7. The Morgan fingerprint density at radius 3 is 1.56 bits per heavy atom. The molecule has 0 aliphatic rings. The van der Waals surface area contributed by atoms with E-state index in [9.17, 15) is 13.6 Å². The average Bonchev–Trinajstić information content (AvgIpc) is 1.68. The van der Waals surface area contributed by atoms with E-state index < -0.39 is 7.60 Å². The topological polar surface area (TPSA) is 35.5 Å². The summed E-state index contributed by atoms with van der Waals surface area (Å²) in [5.41, 5.74) is 0. The van der Waals surface area contributed by atoms with Crippen LogP contribution in [0.3, 0.4) is 0 Å². The van der Waals surface area contributed by atoms with Gasteiger partial charge >= 0.3 is 45.3 Å². The van der Waals surface area contributed by atoms with Crippen molar-refractivity contribution in [1.29, 1.82) is 0 Å². The predicted octanol–water partition coefficient (Wildman–Crippen LogP) is -4.16. The van der Waals surface area contributed by atoms with E-state index in [0.717, 1.165) is 0 Å². The third-order valence-electron chi connectivity index (χ3n) is 0.251. The molecule has 9 heavy (non-hydrogen) atoms. The van der Waals surface area contributed by atoms with E-state index in [1.165, 1.54) is 0 Å². The van der Waals surface area contributed by atoms with Crippen LogP contribution in [-0.4, -0.2) is 6.66 Å². The van der Waals surface area contributed by atoms with Crippen molar-refractivity contribution in [2.24, 2.45) is 0 Å². The monoisotopic (exact) mass is 148 g/mol. The normalized spacial score (nSPS) is 9.22. The van der Waals surface area contributed by atoms with Gasteiger partial charge in [-0.2, -0.15) is 0 Å². The van der Waals surface area contributed by atoms with Crippen LogP contribution in [0, 0.1) is 0 Å². The fourth-order valence-electron chi connectivity index (χ4n) is 0.0106. The molecule has 8 heteroatoms. The summed E-state index contributed by atoms with van der Waals surface area (Å²) < 4.78 is 36.1. The second-order valence-corrected chi connectivity index (χ2v) is 2.73. The summed E-state index contributed by atoms with van der Waals surface area (Å²) in [7, 11) is -3.99. The molecule has 0 N–H and O–H groups in total. The van der Waals surface area contributed by atoms with Crippen molar-refractivity contribution in [3.05, 3.63) is 0 Å². The Hall–Kier alpha value is 1.20. The smallest absolute Gasteiger partial charge is 1.00 e. The fraction of sp³-hybridized carbons (Fsp3) is 1.00. The fourth-order valence-corrected chi connectivity index (χ4v) is 0.0319. The van der Waals surface area contributed by atoms with Crippen molar-refractivity contribution in [3.63, 3.8) is 0 Å². The summed E-state index contributed by atoms with van der Waals surface area (Å²) >= 11 is 0. The van der Waals surface area contributed by atoms with Gasteiger partial charge in [0, 0.05) is 6.66 Å². The summed E-state index contributed by atoms with van der Waals surface area (Å²) in [6, 6.07) is 0. The largest absolute Gasteiger partial charge is 1.00 e. The molecule has 0 amide bonds. The molecule has 0 atom stereocenters. The van der Waals surface area contributed by atoms with Crippen LogP contribution in [0.25, 0.3) is 0 Å². The van der Waals surface area contributed by atoms with E-state index in [-0.39, 0.29) is 40.6 Å². The SMILES string of the molecule is CP(=O)(OF)OF.[H-].[H-].[Li+].[Li+]. The van der Waals surface area contributed by atoms with Gasteiger partial charge in [-0.15, -0.1) is 9.46 Å². The Kier molecular flexibility index (Phi) is 13.5. The molecule has 0 heterocycles. The first-order chi connectivity index (χ1) is 3.12. The Morgan fingerprint density at radius 1 is 1.33 bits per heavy atom. The van der Waals surface area contributed by atoms with Gasteiger partial charge in [-0.05, 0) is 9.05 Å². The molecule has 0 aromatic carbocycles. The summed E-state index contributed by atoms with van der Waals surface area (Å²) in [4.78, 5) is 0. The number of hydrogen-bond donors (Lipinski definition) is 0. The third kappa shape index (κ3) is 9.20. The van der Waals surface area contributed by atoms with E-state index in [0.29, 0.717) is 6.66 Å². The van der Waals surface area contributed by atoms with Crippen LogP contribution < -0.4 is 37.7 Å². The van der Waals surface area contributed by atoms with Crippen LogP contribution in [0.5, 0.6) is 0 Å². The molecule has 3 nitrogen and oxygen atoms in total. The minimum Gasteiger partial charge on any atom is -1.00 e. The second kappa shape index (κ2) is 7.31. The molecule has 0 aromatic heterocycles. The minimum absolute atomic E-state index is 0. The molecule has 0 saturated heterocycles. The zero-order valence-corrected chi connectivity index (χ0v) is 6.32. The molecule has 0 fully saturated rings. The molecule has 0 aliphatic carbocycles. The van der Waals surface area contributed by atoms with Gasteiger partial charge in [-0.1, -0.05) is 0 Å². The molecular weight excluding hydrogens is 143 g/mol.